The number of hydrogen-bond donors (Lipinski definition) is 0. The molecule has 2 aromatic rings. The normalized spacial score (nSPS) is 22.0. The average molecular weight is 305 g/mol. The quantitative estimate of drug-likeness (QED) is 0.642. The SMILES string of the molecule is CC(c1nc2ccccc2s1)N(C)C(=O)C1CC1[N+](=O)[O-]. The molecular weight excluding hydrogens is 290 g/mol. The summed E-state index contributed by atoms with van der Waals surface area (Å²) in [6.07, 6.45) is 0.350. The number of benzene rings is 1. The minimum Gasteiger partial charge on any atom is -0.336 e. The van der Waals surface area contributed by atoms with E-state index >= 15 is 0 Å². The van der Waals surface area contributed by atoms with E-state index in [0.29, 0.717) is 6.42 Å². The van der Waals surface area contributed by atoms with Gasteiger partial charge in [-0.2, -0.15) is 0 Å². The van der Waals surface area contributed by atoms with Gasteiger partial charge in [-0.1, -0.05) is 12.1 Å². The second-order valence-electron chi connectivity index (χ2n) is 5.34. The third kappa shape index (κ3) is 2.49. The Morgan fingerprint density at radius 3 is 2.86 bits per heavy atom. The molecule has 1 heterocycles. The maximum absolute atomic E-state index is 12.2. The first-order valence-corrected chi connectivity index (χ1v) is 7.56. The lowest BCUT2D eigenvalue weighted by Gasteiger charge is -2.22. The Hall–Kier alpha value is -2.02. The fourth-order valence-electron chi connectivity index (χ4n) is 2.37. The zero-order valence-electron chi connectivity index (χ0n) is 11.7. The van der Waals surface area contributed by atoms with Crippen LogP contribution in [-0.4, -0.2) is 33.8 Å². The van der Waals surface area contributed by atoms with E-state index in [4.69, 9.17) is 0 Å². The van der Waals surface area contributed by atoms with Crippen molar-refractivity contribution in [2.45, 2.75) is 25.4 Å². The van der Waals surface area contributed by atoms with Crippen molar-refractivity contribution in [3.8, 4) is 0 Å². The third-order valence-electron chi connectivity index (χ3n) is 3.94. The van der Waals surface area contributed by atoms with Gasteiger partial charge in [0.25, 0.3) is 0 Å². The molecule has 0 bridgehead atoms. The van der Waals surface area contributed by atoms with Crippen molar-refractivity contribution in [2.24, 2.45) is 5.92 Å². The molecular formula is C14H15N3O3S. The number of fused-ring (bicyclic) bond motifs is 1. The molecule has 1 fully saturated rings. The van der Waals surface area contributed by atoms with E-state index in [2.05, 4.69) is 4.98 Å². The first-order chi connectivity index (χ1) is 9.99. The number of thiazole rings is 1. The molecule has 6 nitrogen and oxygen atoms in total. The maximum atomic E-state index is 12.2. The molecule has 1 saturated carbocycles. The summed E-state index contributed by atoms with van der Waals surface area (Å²) in [6, 6.07) is 6.93. The molecule has 7 heteroatoms. The first-order valence-electron chi connectivity index (χ1n) is 6.74. The molecule has 0 N–H and O–H groups in total. The predicted molar refractivity (Wildman–Crippen MR) is 79.7 cm³/mol. The van der Waals surface area contributed by atoms with Gasteiger partial charge in [-0.3, -0.25) is 14.9 Å². The molecule has 0 radical (unpaired) electrons. The van der Waals surface area contributed by atoms with Crippen molar-refractivity contribution >= 4 is 27.5 Å². The molecule has 1 amide bonds. The van der Waals surface area contributed by atoms with Crippen LogP contribution in [0.15, 0.2) is 24.3 Å². The number of hydrogen-bond acceptors (Lipinski definition) is 5. The fourth-order valence-corrected chi connectivity index (χ4v) is 3.43. The van der Waals surface area contributed by atoms with E-state index in [1.807, 2.05) is 31.2 Å². The number of carbonyl (C=O) groups is 1. The average Bonchev–Trinajstić information content (AvgIpc) is 3.16. The highest BCUT2D eigenvalue weighted by atomic mass is 32.1. The Morgan fingerprint density at radius 2 is 2.24 bits per heavy atom. The number of carbonyl (C=O) groups excluding carboxylic acids is 1. The lowest BCUT2D eigenvalue weighted by Crippen LogP contribution is -2.32. The van der Waals surface area contributed by atoms with Crippen LogP contribution in [0.5, 0.6) is 0 Å². The Labute approximate surface area is 125 Å². The van der Waals surface area contributed by atoms with Crippen LogP contribution in [0.25, 0.3) is 10.2 Å². The molecule has 1 aromatic heterocycles. The van der Waals surface area contributed by atoms with E-state index in [1.165, 1.54) is 0 Å². The minimum absolute atomic E-state index is 0.163. The summed E-state index contributed by atoms with van der Waals surface area (Å²) < 4.78 is 1.08. The van der Waals surface area contributed by atoms with Crippen LogP contribution in [0.4, 0.5) is 0 Å². The molecule has 1 aliphatic carbocycles. The second kappa shape index (κ2) is 5.07. The molecule has 3 unspecified atom stereocenters. The molecule has 3 rings (SSSR count). The van der Waals surface area contributed by atoms with Gasteiger partial charge in [-0.05, 0) is 19.1 Å². The largest absolute Gasteiger partial charge is 0.336 e. The summed E-state index contributed by atoms with van der Waals surface area (Å²) in [7, 11) is 1.69. The number of aromatic nitrogens is 1. The monoisotopic (exact) mass is 305 g/mol. The molecule has 110 valence electrons. The predicted octanol–water partition coefficient (Wildman–Crippen LogP) is 2.48. The van der Waals surface area contributed by atoms with Crippen LogP contribution in [0.3, 0.4) is 0 Å². The van der Waals surface area contributed by atoms with Gasteiger partial charge in [0.15, 0.2) is 0 Å². The number of nitro groups is 1. The molecule has 1 aliphatic rings. The molecule has 21 heavy (non-hydrogen) atoms. The van der Waals surface area contributed by atoms with Crippen LogP contribution >= 0.6 is 11.3 Å². The van der Waals surface area contributed by atoms with E-state index in [-0.39, 0.29) is 16.9 Å². The van der Waals surface area contributed by atoms with Crippen molar-refractivity contribution in [1.29, 1.82) is 0 Å². The number of para-hydroxylation sites is 1. The van der Waals surface area contributed by atoms with Crippen LogP contribution in [0.1, 0.15) is 24.4 Å². The maximum Gasteiger partial charge on any atom is 0.233 e. The minimum atomic E-state index is -0.706. The number of amides is 1. The van der Waals surface area contributed by atoms with E-state index in [0.717, 1.165) is 15.2 Å². The van der Waals surface area contributed by atoms with Gasteiger partial charge >= 0.3 is 0 Å². The van der Waals surface area contributed by atoms with Crippen molar-refractivity contribution in [2.75, 3.05) is 7.05 Å². The van der Waals surface area contributed by atoms with Gasteiger partial charge < -0.3 is 4.90 Å². The molecule has 0 saturated heterocycles. The second-order valence-corrected chi connectivity index (χ2v) is 6.40. The third-order valence-corrected chi connectivity index (χ3v) is 5.15. The highest BCUT2D eigenvalue weighted by molar-refractivity contribution is 7.18. The topological polar surface area (TPSA) is 76.3 Å². The van der Waals surface area contributed by atoms with Crippen molar-refractivity contribution < 1.29 is 9.72 Å². The molecule has 1 aromatic carbocycles. The Bertz CT molecular complexity index is 681. The molecule has 0 spiro atoms. The first kappa shape index (κ1) is 13.9. The highest BCUT2D eigenvalue weighted by Gasteiger charge is 2.54. The fraction of sp³-hybridized carbons (Fsp3) is 0.429. The highest BCUT2D eigenvalue weighted by Crippen LogP contribution is 2.37. The van der Waals surface area contributed by atoms with E-state index in [9.17, 15) is 14.9 Å². The molecule has 3 atom stereocenters. The smallest absolute Gasteiger partial charge is 0.233 e. The summed E-state index contributed by atoms with van der Waals surface area (Å²) in [5, 5.41) is 11.5. The van der Waals surface area contributed by atoms with E-state index < -0.39 is 12.0 Å². The van der Waals surface area contributed by atoms with Crippen LogP contribution in [0.2, 0.25) is 0 Å². The lowest BCUT2D eigenvalue weighted by atomic mass is 10.2. The van der Waals surface area contributed by atoms with Crippen molar-refractivity contribution in [1.82, 2.24) is 9.88 Å². The summed E-state index contributed by atoms with van der Waals surface area (Å²) in [5.41, 5.74) is 0.916. The van der Waals surface area contributed by atoms with Crippen molar-refractivity contribution in [3.05, 3.63) is 39.4 Å². The lowest BCUT2D eigenvalue weighted by molar-refractivity contribution is -0.497. The van der Waals surface area contributed by atoms with Gasteiger partial charge in [0, 0.05) is 18.4 Å². The molecule has 0 aliphatic heterocycles. The van der Waals surface area contributed by atoms with Crippen molar-refractivity contribution in [3.63, 3.8) is 0 Å². The van der Waals surface area contributed by atoms with E-state index in [1.54, 1.807) is 23.3 Å². The summed E-state index contributed by atoms with van der Waals surface area (Å²) in [6.45, 7) is 1.90. The van der Waals surface area contributed by atoms with Crippen LogP contribution in [-0.2, 0) is 4.79 Å². The standard InChI is InChI=1S/C14H15N3O3S/c1-8(13-15-10-5-3-4-6-12(10)21-13)16(2)14(18)9-7-11(9)17(19)20/h3-6,8-9,11H,7H2,1-2H3. The van der Waals surface area contributed by atoms with Crippen LogP contribution in [0, 0.1) is 16.0 Å². The van der Waals surface area contributed by atoms with Gasteiger partial charge in [0.2, 0.25) is 11.9 Å². The van der Waals surface area contributed by atoms with Gasteiger partial charge in [-0.25, -0.2) is 4.98 Å². The number of rotatable bonds is 4. The summed E-state index contributed by atoms with van der Waals surface area (Å²) >= 11 is 1.55. The summed E-state index contributed by atoms with van der Waals surface area (Å²) in [5.74, 6) is -0.634. The zero-order valence-corrected chi connectivity index (χ0v) is 12.5. The number of nitrogens with zero attached hydrogens (tertiary/aromatic N) is 3. The zero-order chi connectivity index (χ0) is 15.1. The Kier molecular flexibility index (Phi) is 3.36. The Balaban J connectivity index is 1.76. The van der Waals surface area contributed by atoms with Gasteiger partial charge in [-0.15, -0.1) is 11.3 Å². The summed E-state index contributed by atoms with van der Waals surface area (Å²) in [4.78, 5) is 28.7. The van der Waals surface area contributed by atoms with Gasteiger partial charge in [0.1, 0.15) is 10.9 Å². The van der Waals surface area contributed by atoms with Gasteiger partial charge in [0.05, 0.1) is 16.3 Å². The Morgan fingerprint density at radius 1 is 1.52 bits per heavy atom. The van der Waals surface area contributed by atoms with Crippen LogP contribution < -0.4 is 0 Å².